The van der Waals surface area contributed by atoms with Gasteiger partial charge in [0.15, 0.2) is 0 Å². The zero-order valence-electron chi connectivity index (χ0n) is 6.64. The number of carbonyl (C=O) groups excluding carboxylic acids is 1. The van der Waals surface area contributed by atoms with Gasteiger partial charge in [-0.1, -0.05) is 34.1 Å². The van der Waals surface area contributed by atoms with E-state index in [1.165, 1.54) is 11.3 Å². The van der Waals surface area contributed by atoms with Gasteiger partial charge in [-0.05, 0) is 6.07 Å². The van der Waals surface area contributed by atoms with Crippen molar-refractivity contribution in [3.8, 4) is 0 Å². The molecule has 0 aliphatic rings. The number of carbonyl (C=O) groups is 1. The lowest BCUT2D eigenvalue weighted by Crippen LogP contribution is -2.23. The maximum Gasteiger partial charge on any atom is 0.261 e. The Kier molecular flexibility index (Phi) is 3.96. The zero-order chi connectivity index (χ0) is 9.84. The minimum atomic E-state index is -0.127. The fourth-order valence-corrected chi connectivity index (χ4v) is 1.82. The van der Waals surface area contributed by atoms with E-state index in [1.54, 1.807) is 11.4 Å². The Labute approximate surface area is 93.7 Å². The molecule has 0 aliphatic heterocycles. The van der Waals surface area contributed by atoms with E-state index >= 15 is 0 Å². The first-order chi connectivity index (χ1) is 6.09. The van der Waals surface area contributed by atoms with Gasteiger partial charge in [-0.15, -0.1) is 11.3 Å². The second kappa shape index (κ2) is 4.79. The first-order valence-electron chi connectivity index (χ1n) is 3.45. The number of nitrogens with one attached hydrogen (secondary N) is 1. The van der Waals surface area contributed by atoms with Gasteiger partial charge in [0.1, 0.15) is 0 Å². The van der Waals surface area contributed by atoms with Crippen LogP contribution in [0.3, 0.4) is 0 Å². The van der Waals surface area contributed by atoms with Gasteiger partial charge in [0.2, 0.25) is 0 Å². The molecule has 5 heteroatoms. The molecule has 0 radical (unpaired) electrons. The molecule has 1 rings (SSSR count). The highest BCUT2D eigenvalue weighted by atomic mass is 79.9. The fourth-order valence-electron chi connectivity index (χ4n) is 0.695. The molecule has 70 valence electrons. The van der Waals surface area contributed by atoms with Crippen molar-refractivity contribution in [2.75, 3.05) is 6.54 Å². The molecular formula is C8H7BrClNOS. The van der Waals surface area contributed by atoms with Crippen molar-refractivity contribution >= 4 is 44.8 Å². The van der Waals surface area contributed by atoms with Crippen LogP contribution in [0.4, 0.5) is 0 Å². The van der Waals surface area contributed by atoms with Crippen LogP contribution in [0.5, 0.6) is 0 Å². The van der Waals surface area contributed by atoms with Gasteiger partial charge in [0.05, 0.1) is 9.90 Å². The maximum atomic E-state index is 11.3. The lowest BCUT2D eigenvalue weighted by atomic mass is 10.4. The monoisotopic (exact) mass is 279 g/mol. The van der Waals surface area contributed by atoms with Crippen LogP contribution in [-0.4, -0.2) is 12.5 Å². The Hall–Kier alpha value is -0.320. The SMILES string of the molecule is C=C(Br)CNC(=O)c1cc(Cl)cs1. The smallest absolute Gasteiger partial charge is 0.261 e. The summed E-state index contributed by atoms with van der Waals surface area (Å²) in [5.74, 6) is -0.127. The van der Waals surface area contributed by atoms with Crippen LogP contribution < -0.4 is 5.32 Å². The molecule has 1 aromatic rings. The van der Waals surface area contributed by atoms with Crippen molar-refractivity contribution in [2.45, 2.75) is 0 Å². The summed E-state index contributed by atoms with van der Waals surface area (Å²) < 4.78 is 0.739. The van der Waals surface area contributed by atoms with Gasteiger partial charge >= 0.3 is 0 Å². The highest BCUT2D eigenvalue weighted by Crippen LogP contribution is 2.18. The molecule has 0 atom stereocenters. The third-order valence-electron chi connectivity index (χ3n) is 1.23. The second-order valence-electron chi connectivity index (χ2n) is 2.33. The number of halogens is 2. The lowest BCUT2D eigenvalue weighted by molar-refractivity contribution is 0.0962. The van der Waals surface area contributed by atoms with Crippen molar-refractivity contribution < 1.29 is 4.79 Å². The molecule has 0 aliphatic carbocycles. The first-order valence-corrected chi connectivity index (χ1v) is 5.50. The van der Waals surface area contributed by atoms with Gasteiger partial charge in [-0.25, -0.2) is 0 Å². The summed E-state index contributed by atoms with van der Waals surface area (Å²) in [6.07, 6.45) is 0. The van der Waals surface area contributed by atoms with E-state index in [-0.39, 0.29) is 5.91 Å². The largest absolute Gasteiger partial charge is 0.347 e. The summed E-state index contributed by atoms with van der Waals surface area (Å²) in [6, 6.07) is 1.64. The fraction of sp³-hybridized carbons (Fsp3) is 0.125. The third kappa shape index (κ3) is 3.50. The topological polar surface area (TPSA) is 29.1 Å². The van der Waals surface area contributed by atoms with Crippen molar-refractivity contribution in [1.29, 1.82) is 0 Å². The van der Waals surface area contributed by atoms with Gasteiger partial charge in [0.25, 0.3) is 5.91 Å². The summed E-state index contributed by atoms with van der Waals surface area (Å²) in [5.41, 5.74) is 0. The van der Waals surface area contributed by atoms with E-state index in [9.17, 15) is 4.79 Å². The highest BCUT2D eigenvalue weighted by Gasteiger charge is 2.07. The summed E-state index contributed by atoms with van der Waals surface area (Å²) in [7, 11) is 0. The van der Waals surface area contributed by atoms with E-state index < -0.39 is 0 Å². The first kappa shape index (κ1) is 10.8. The molecule has 0 saturated heterocycles. The summed E-state index contributed by atoms with van der Waals surface area (Å²) in [4.78, 5) is 12.0. The van der Waals surface area contributed by atoms with Crippen LogP contribution >= 0.6 is 38.9 Å². The molecule has 0 fully saturated rings. The zero-order valence-corrected chi connectivity index (χ0v) is 9.80. The molecule has 1 heterocycles. The standard InChI is InChI=1S/C8H7BrClNOS/c1-5(9)3-11-8(12)7-2-6(10)4-13-7/h2,4H,1,3H2,(H,11,12). The van der Waals surface area contributed by atoms with Crippen LogP contribution in [0.25, 0.3) is 0 Å². The van der Waals surface area contributed by atoms with Gasteiger partial charge < -0.3 is 5.32 Å². The molecule has 13 heavy (non-hydrogen) atoms. The molecule has 0 bridgehead atoms. The molecule has 1 amide bonds. The van der Waals surface area contributed by atoms with Gasteiger partial charge in [-0.3, -0.25) is 4.79 Å². The van der Waals surface area contributed by atoms with Crippen molar-refractivity contribution in [2.24, 2.45) is 0 Å². The van der Waals surface area contributed by atoms with Gasteiger partial charge in [-0.2, -0.15) is 0 Å². The second-order valence-corrected chi connectivity index (χ2v) is 4.80. The van der Waals surface area contributed by atoms with E-state index in [0.717, 1.165) is 4.48 Å². The van der Waals surface area contributed by atoms with E-state index in [4.69, 9.17) is 11.6 Å². The average Bonchev–Trinajstić information content (AvgIpc) is 2.47. The van der Waals surface area contributed by atoms with Crippen LogP contribution in [0.15, 0.2) is 22.5 Å². The summed E-state index contributed by atoms with van der Waals surface area (Å²) in [6.45, 7) is 4.03. The minimum absolute atomic E-state index is 0.127. The van der Waals surface area contributed by atoms with E-state index in [2.05, 4.69) is 27.8 Å². The minimum Gasteiger partial charge on any atom is -0.347 e. The van der Waals surface area contributed by atoms with Crippen LogP contribution in [-0.2, 0) is 0 Å². The lowest BCUT2D eigenvalue weighted by Gasteiger charge is -2.00. The van der Waals surface area contributed by atoms with Crippen LogP contribution in [0, 0.1) is 0 Å². The van der Waals surface area contributed by atoms with Crippen LogP contribution in [0.1, 0.15) is 9.67 Å². The van der Waals surface area contributed by atoms with Crippen molar-refractivity contribution in [1.82, 2.24) is 5.32 Å². The summed E-state index contributed by atoms with van der Waals surface area (Å²) >= 11 is 10.1. The number of amides is 1. The molecule has 1 aromatic heterocycles. The molecule has 2 nitrogen and oxygen atoms in total. The van der Waals surface area contributed by atoms with E-state index in [1.807, 2.05) is 0 Å². The summed E-state index contributed by atoms with van der Waals surface area (Å²) in [5, 5.41) is 4.99. The third-order valence-corrected chi connectivity index (χ3v) is 2.79. The number of hydrogen-bond acceptors (Lipinski definition) is 2. The predicted octanol–water partition coefficient (Wildman–Crippen LogP) is 3.04. The molecule has 0 spiro atoms. The Balaban J connectivity index is 2.54. The van der Waals surface area contributed by atoms with Crippen LogP contribution in [0.2, 0.25) is 5.02 Å². The van der Waals surface area contributed by atoms with E-state index in [0.29, 0.717) is 16.4 Å². The Morgan fingerprint density at radius 2 is 2.46 bits per heavy atom. The molecular weight excluding hydrogens is 274 g/mol. The molecule has 1 N–H and O–H groups in total. The quantitative estimate of drug-likeness (QED) is 0.906. The molecule has 0 saturated carbocycles. The molecule has 0 unspecified atom stereocenters. The maximum absolute atomic E-state index is 11.3. The molecule has 0 aromatic carbocycles. The number of thiophene rings is 1. The Bertz CT molecular complexity index is 337. The normalized spacial score (nSPS) is 9.69. The van der Waals surface area contributed by atoms with Crippen molar-refractivity contribution in [3.63, 3.8) is 0 Å². The highest BCUT2D eigenvalue weighted by molar-refractivity contribution is 9.11. The Morgan fingerprint density at radius 1 is 1.77 bits per heavy atom. The van der Waals surface area contributed by atoms with Gasteiger partial charge in [0, 0.05) is 16.4 Å². The van der Waals surface area contributed by atoms with Crippen molar-refractivity contribution in [3.05, 3.63) is 32.4 Å². The number of rotatable bonds is 3. The average molecular weight is 281 g/mol. The number of hydrogen-bond donors (Lipinski definition) is 1. The Morgan fingerprint density at radius 3 is 2.92 bits per heavy atom. The predicted molar refractivity (Wildman–Crippen MR) is 59.7 cm³/mol.